The third-order valence-electron chi connectivity index (χ3n) is 2.85. The van der Waals surface area contributed by atoms with E-state index in [4.69, 9.17) is 9.84 Å². The number of urea groups is 1. The van der Waals surface area contributed by atoms with Crippen LogP contribution in [0.25, 0.3) is 0 Å². The Kier molecular flexibility index (Phi) is 3.95. The maximum absolute atomic E-state index is 11.4. The van der Waals surface area contributed by atoms with Gasteiger partial charge in [-0.1, -0.05) is 5.21 Å². The number of aromatic carboxylic acids is 1. The van der Waals surface area contributed by atoms with Crippen molar-refractivity contribution < 1.29 is 19.4 Å². The molecule has 0 atom stereocenters. The Morgan fingerprint density at radius 3 is 2.89 bits per heavy atom. The predicted molar refractivity (Wildman–Crippen MR) is 62.7 cm³/mol. The lowest BCUT2D eigenvalue weighted by molar-refractivity contribution is 0.0684. The number of aromatic nitrogens is 3. The molecule has 19 heavy (non-hydrogen) atoms. The first-order valence-electron chi connectivity index (χ1n) is 5.81. The molecule has 9 nitrogen and oxygen atoms in total. The van der Waals surface area contributed by atoms with Crippen LogP contribution in [0.5, 0.6) is 0 Å². The highest BCUT2D eigenvalue weighted by Gasteiger charge is 2.22. The first-order chi connectivity index (χ1) is 9.13. The van der Waals surface area contributed by atoms with Gasteiger partial charge in [-0.2, -0.15) is 0 Å². The topological polar surface area (TPSA) is 110 Å². The van der Waals surface area contributed by atoms with Gasteiger partial charge >= 0.3 is 12.0 Å². The van der Waals surface area contributed by atoms with E-state index >= 15 is 0 Å². The molecule has 0 saturated carbocycles. The lowest BCUT2D eigenvalue weighted by Gasteiger charge is -2.14. The highest BCUT2D eigenvalue weighted by Crippen LogP contribution is 2.08. The summed E-state index contributed by atoms with van der Waals surface area (Å²) in [5.41, 5.74) is 0.280. The fraction of sp³-hybridized carbons (Fsp3) is 0.600. The SMILES string of the molecule is COCc1c(C(=O)O)nnn1CCN1CCNC1=O. The Morgan fingerprint density at radius 2 is 2.32 bits per heavy atom. The molecule has 1 aliphatic heterocycles. The molecule has 0 aromatic carbocycles. The first kappa shape index (κ1) is 13.3. The number of nitrogens with one attached hydrogen (secondary N) is 1. The number of hydrogen-bond donors (Lipinski definition) is 2. The Balaban J connectivity index is 2.07. The summed E-state index contributed by atoms with van der Waals surface area (Å²) < 4.78 is 6.41. The van der Waals surface area contributed by atoms with Gasteiger partial charge in [0.15, 0.2) is 5.69 Å². The number of ether oxygens (including phenoxy) is 1. The molecule has 1 fully saturated rings. The molecule has 0 bridgehead atoms. The third-order valence-corrected chi connectivity index (χ3v) is 2.85. The molecule has 2 heterocycles. The largest absolute Gasteiger partial charge is 0.476 e. The Morgan fingerprint density at radius 1 is 1.53 bits per heavy atom. The van der Waals surface area contributed by atoms with Crippen LogP contribution in [0.15, 0.2) is 0 Å². The average Bonchev–Trinajstić information content (AvgIpc) is 2.94. The third kappa shape index (κ3) is 2.81. The van der Waals surface area contributed by atoms with Gasteiger partial charge in [-0.3, -0.25) is 0 Å². The molecule has 2 rings (SSSR count). The van der Waals surface area contributed by atoms with Crippen molar-refractivity contribution in [3.8, 4) is 0 Å². The molecule has 0 aliphatic carbocycles. The Hall–Kier alpha value is -2.16. The molecular formula is C10H15N5O4. The van der Waals surface area contributed by atoms with Crippen molar-refractivity contribution in [1.29, 1.82) is 0 Å². The number of carbonyl (C=O) groups excluding carboxylic acids is 1. The van der Waals surface area contributed by atoms with Crippen molar-refractivity contribution in [2.24, 2.45) is 0 Å². The molecule has 1 aliphatic rings. The second-order valence-corrected chi connectivity index (χ2v) is 4.07. The van der Waals surface area contributed by atoms with E-state index in [9.17, 15) is 9.59 Å². The highest BCUT2D eigenvalue weighted by atomic mass is 16.5. The van der Waals surface area contributed by atoms with Gasteiger partial charge in [0.25, 0.3) is 0 Å². The van der Waals surface area contributed by atoms with Gasteiger partial charge in [0.05, 0.1) is 18.8 Å². The van der Waals surface area contributed by atoms with E-state index in [1.165, 1.54) is 11.8 Å². The zero-order chi connectivity index (χ0) is 13.8. The monoisotopic (exact) mass is 269 g/mol. The maximum Gasteiger partial charge on any atom is 0.358 e. The summed E-state index contributed by atoms with van der Waals surface area (Å²) in [4.78, 5) is 24.0. The van der Waals surface area contributed by atoms with Gasteiger partial charge < -0.3 is 20.1 Å². The minimum Gasteiger partial charge on any atom is -0.476 e. The van der Waals surface area contributed by atoms with Crippen LogP contribution < -0.4 is 5.32 Å². The van der Waals surface area contributed by atoms with Crippen molar-refractivity contribution in [3.05, 3.63) is 11.4 Å². The van der Waals surface area contributed by atoms with Crippen molar-refractivity contribution in [2.45, 2.75) is 13.2 Å². The van der Waals surface area contributed by atoms with Crippen molar-refractivity contribution in [1.82, 2.24) is 25.2 Å². The smallest absolute Gasteiger partial charge is 0.358 e. The van der Waals surface area contributed by atoms with E-state index in [0.29, 0.717) is 31.9 Å². The number of nitrogens with zero attached hydrogens (tertiary/aromatic N) is 4. The molecular weight excluding hydrogens is 254 g/mol. The number of rotatable bonds is 6. The quantitative estimate of drug-likeness (QED) is 0.696. The van der Waals surface area contributed by atoms with Gasteiger partial charge in [-0.05, 0) is 0 Å². The minimum atomic E-state index is -1.14. The molecule has 0 radical (unpaired) electrons. The van der Waals surface area contributed by atoms with Crippen LogP contribution in [0.3, 0.4) is 0 Å². The summed E-state index contributed by atoms with van der Waals surface area (Å²) in [6.07, 6.45) is 0. The zero-order valence-electron chi connectivity index (χ0n) is 10.5. The first-order valence-corrected chi connectivity index (χ1v) is 5.81. The molecule has 0 spiro atoms. The Bertz CT molecular complexity index is 486. The van der Waals surface area contributed by atoms with Gasteiger partial charge in [0, 0.05) is 26.7 Å². The molecule has 1 aromatic heterocycles. The Labute approximate surface area is 109 Å². The molecule has 1 saturated heterocycles. The van der Waals surface area contributed by atoms with E-state index in [-0.39, 0.29) is 18.3 Å². The molecule has 9 heteroatoms. The van der Waals surface area contributed by atoms with E-state index in [1.54, 1.807) is 4.90 Å². The number of methoxy groups -OCH3 is 1. The molecule has 2 N–H and O–H groups in total. The summed E-state index contributed by atoms with van der Waals surface area (Å²) in [6, 6.07) is -0.119. The average molecular weight is 269 g/mol. The number of carbonyl (C=O) groups is 2. The van der Waals surface area contributed by atoms with Crippen LogP contribution in [0, 0.1) is 0 Å². The van der Waals surface area contributed by atoms with Crippen LogP contribution >= 0.6 is 0 Å². The normalized spacial score (nSPS) is 14.8. The second-order valence-electron chi connectivity index (χ2n) is 4.07. The second kappa shape index (κ2) is 5.65. The lowest BCUT2D eigenvalue weighted by atomic mass is 10.3. The fourth-order valence-electron chi connectivity index (χ4n) is 1.90. The van der Waals surface area contributed by atoms with Crippen LogP contribution in [-0.2, 0) is 17.9 Å². The van der Waals surface area contributed by atoms with Crippen molar-refractivity contribution in [3.63, 3.8) is 0 Å². The number of carboxylic acid groups (broad SMARTS) is 1. The van der Waals surface area contributed by atoms with E-state index in [1.807, 2.05) is 0 Å². The lowest BCUT2D eigenvalue weighted by Crippen LogP contribution is -2.31. The fourth-order valence-corrected chi connectivity index (χ4v) is 1.90. The molecule has 104 valence electrons. The van der Waals surface area contributed by atoms with Crippen LogP contribution in [0.1, 0.15) is 16.2 Å². The number of amides is 2. The summed E-state index contributed by atoms with van der Waals surface area (Å²) >= 11 is 0. The summed E-state index contributed by atoms with van der Waals surface area (Å²) in [7, 11) is 1.47. The van der Waals surface area contributed by atoms with Crippen LogP contribution in [0.4, 0.5) is 4.79 Å². The maximum atomic E-state index is 11.4. The highest BCUT2D eigenvalue weighted by molar-refractivity contribution is 5.86. The standard InChI is InChI=1S/C10H15N5O4/c1-19-6-7-8(9(16)17)12-13-15(7)5-4-14-3-2-11-10(14)18/h2-6H2,1H3,(H,11,18)(H,16,17). The van der Waals surface area contributed by atoms with Gasteiger partial charge in [-0.25, -0.2) is 14.3 Å². The van der Waals surface area contributed by atoms with Gasteiger partial charge in [0.1, 0.15) is 0 Å². The molecule has 2 amide bonds. The minimum absolute atomic E-state index is 0.112. The number of hydrogen-bond acceptors (Lipinski definition) is 5. The summed E-state index contributed by atoms with van der Waals surface area (Å²) in [5.74, 6) is -1.14. The van der Waals surface area contributed by atoms with Gasteiger partial charge in [0.2, 0.25) is 0 Å². The zero-order valence-corrected chi connectivity index (χ0v) is 10.5. The van der Waals surface area contributed by atoms with E-state index in [0.717, 1.165) is 0 Å². The van der Waals surface area contributed by atoms with E-state index in [2.05, 4.69) is 15.6 Å². The molecule has 1 aromatic rings. The summed E-state index contributed by atoms with van der Waals surface area (Å²) in [6.45, 7) is 2.21. The van der Waals surface area contributed by atoms with Crippen molar-refractivity contribution >= 4 is 12.0 Å². The van der Waals surface area contributed by atoms with Crippen molar-refractivity contribution in [2.75, 3.05) is 26.7 Å². The van der Waals surface area contributed by atoms with E-state index < -0.39 is 5.97 Å². The predicted octanol–water partition coefficient (Wildman–Crippen LogP) is -0.852. The van der Waals surface area contributed by atoms with Gasteiger partial charge in [-0.15, -0.1) is 5.10 Å². The molecule has 0 unspecified atom stereocenters. The number of carboxylic acids is 1. The van der Waals surface area contributed by atoms with Crippen LogP contribution in [-0.4, -0.2) is 63.7 Å². The van der Waals surface area contributed by atoms with Crippen LogP contribution in [0.2, 0.25) is 0 Å². The summed E-state index contributed by atoms with van der Waals surface area (Å²) in [5, 5.41) is 19.1.